The molecule has 1 aliphatic carbocycles. The van der Waals surface area contributed by atoms with Crippen LogP contribution in [-0.2, 0) is 13.1 Å². The number of aromatic nitrogens is 3. The molecule has 1 aliphatic heterocycles. The second-order valence-corrected chi connectivity index (χ2v) is 8.63. The molecule has 7 nitrogen and oxygen atoms in total. The van der Waals surface area contributed by atoms with Crippen LogP contribution in [0, 0.1) is 19.7 Å². The molecular weight excluding hydrogens is 421 g/mol. The molecule has 5 rings (SSSR count). The normalized spacial score (nSPS) is 20.1. The topological polar surface area (TPSA) is 71.8 Å². The summed E-state index contributed by atoms with van der Waals surface area (Å²) >= 11 is 6.31. The standard InChI is InChI=1S/C22H23ClFN5O2/c1-11-20(23)12(2)29-21(26-11)17-9-28(10-18(17)27-29)22(30)16-5-4-13(24)6-19(16)31-15-7-14(8-15)25-3/h4-6,14-15,25H,7-10H2,1-3H3. The van der Waals surface area contributed by atoms with E-state index in [9.17, 15) is 9.18 Å². The first-order valence-electron chi connectivity index (χ1n) is 10.3. The van der Waals surface area contributed by atoms with Crippen molar-refractivity contribution in [1.82, 2.24) is 24.8 Å². The average molecular weight is 444 g/mol. The second-order valence-electron chi connectivity index (χ2n) is 8.26. The average Bonchev–Trinajstić information content (AvgIpc) is 3.27. The van der Waals surface area contributed by atoms with Crippen LogP contribution in [0.25, 0.3) is 5.65 Å². The number of rotatable bonds is 4. The number of nitrogens with zero attached hydrogens (tertiary/aromatic N) is 4. The summed E-state index contributed by atoms with van der Waals surface area (Å²) in [7, 11) is 1.91. The third kappa shape index (κ3) is 3.34. The number of amides is 1. The van der Waals surface area contributed by atoms with Crippen molar-refractivity contribution in [1.29, 1.82) is 0 Å². The number of carbonyl (C=O) groups is 1. The summed E-state index contributed by atoms with van der Waals surface area (Å²) in [5.74, 6) is -0.344. The molecule has 1 N–H and O–H groups in total. The summed E-state index contributed by atoms with van der Waals surface area (Å²) in [6.07, 6.45) is 1.64. The first-order valence-corrected chi connectivity index (χ1v) is 10.7. The predicted molar refractivity (Wildman–Crippen MR) is 114 cm³/mol. The molecule has 0 unspecified atom stereocenters. The number of aryl methyl sites for hydroxylation is 2. The molecular formula is C22H23ClFN5O2. The number of fused-ring (bicyclic) bond motifs is 3. The minimum atomic E-state index is -0.426. The Morgan fingerprint density at radius 2 is 2.06 bits per heavy atom. The first kappa shape index (κ1) is 20.2. The van der Waals surface area contributed by atoms with Gasteiger partial charge in [0.2, 0.25) is 0 Å². The largest absolute Gasteiger partial charge is 0.489 e. The highest BCUT2D eigenvalue weighted by Gasteiger charge is 2.34. The maximum atomic E-state index is 13.9. The second kappa shape index (κ2) is 7.46. The highest BCUT2D eigenvalue weighted by molar-refractivity contribution is 6.31. The number of carbonyl (C=O) groups excluding carboxylic acids is 1. The molecule has 31 heavy (non-hydrogen) atoms. The van der Waals surface area contributed by atoms with Gasteiger partial charge in [0.05, 0.1) is 40.8 Å². The summed E-state index contributed by atoms with van der Waals surface area (Å²) in [6, 6.07) is 4.48. The molecule has 2 aliphatic rings. The van der Waals surface area contributed by atoms with E-state index < -0.39 is 5.82 Å². The molecule has 3 heterocycles. The van der Waals surface area contributed by atoms with E-state index in [1.807, 2.05) is 20.9 Å². The molecule has 2 aromatic heterocycles. The Balaban J connectivity index is 1.41. The third-order valence-corrected chi connectivity index (χ3v) is 6.76. The molecule has 0 atom stereocenters. The summed E-state index contributed by atoms with van der Waals surface area (Å²) in [4.78, 5) is 19.6. The SMILES string of the molecule is CNC1CC(Oc2cc(F)ccc2C(=O)N2Cc3nn4c(C)c(Cl)c(C)nc4c3C2)C1. The lowest BCUT2D eigenvalue weighted by atomic mass is 9.89. The third-order valence-electron chi connectivity index (χ3n) is 6.21. The van der Waals surface area contributed by atoms with Gasteiger partial charge in [-0.3, -0.25) is 4.79 Å². The molecule has 162 valence electrons. The first-order chi connectivity index (χ1) is 14.9. The van der Waals surface area contributed by atoms with Crippen LogP contribution in [0.4, 0.5) is 4.39 Å². The molecule has 1 saturated carbocycles. The Morgan fingerprint density at radius 3 is 2.81 bits per heavy atom. The maximum absolute atomic E-state index is 13.9. The Hall–Kier alpha value is -2.71. The van der Waals surface area contributed by atoms with Crippen molar-refractivity contribution >= 4 is 23.2 Å². The van der Waals surface area contributed by atoms with Gasteiger partial charge in [0.15, 0.2) is 5.65 Å². The maximum Gasteiger partial charge on any atom is 0.258 e. The highest BCUT2D eigenvalue weighted by Crippen LogP contribution is 2.33. The van der Waals surface area contributed by atoms with E-state index >= 15 is 0 Å². The molecule has 3 aromatic rings. The number of hydrogen-bond donors (Lipinski definition) is 1. The van der Waals surface area contributed by atoms with Gasteiger partial charge in [-0.1, -0.05) is 11.6 Å². The van der Waals surface area contributed by atoms with E-state index in [0.717, 1.165) is 35.5 Å². The summed E-state index contributed by atoms with van der Waals surface area (Å²) in [5.41, 5.74) is 4.34. The van der Waals surface area contributed by atoms with E-state index in [1.54, 1.807) is 9.42 Å². The van der Waals surface area contributed by atoms with Crippen LogP contribution < -0.4 is 10.1 Å². The Labute approximate surface area is 184 Å². The summed E-state index contributed by atoms with van der Waals surface area (Å²) in [6.45, 7) is 4.49. The van der Waals surface area contributed by atoms with Crippen molar-refractivity contribution in [3.8, 4) is 5.75 Å². The van der Waals surface area contributed by atoms with E-state index in [-0.39, 0.29) is 12.0 Å². The molecule has 0 radical (unpaired) electrons. The molecule has 0 spiro atoms. The molecule has 0 saturated heterocycles. The smallest absolute Gasteiger partial charge is 0.258 e. The Kier molecular flexibility index (Phi) is 4.86. The van der Waals surface area contributed by atoms with Gasteiger partial charge in [-0.15, -0.1) is 0 Å². The van der Waals surface area contributed by atoms with Gasteiger partial charge in [0, 0.05) is 17.7 Å². The molecule has 0 bridgehead atoms. The van der Waals surface area contributed by atoms with Gasteiger partial charge in [-0.05, 0) is 45.9 Å². The number of benzene rings is 1. The van der Waals surface area contributed by atoms with E-state index in [0.29, 0.717) is 41.1 Å². The van der Waals surface area contributed by atoms with Crippen LogP contribution in [0.2, 0.25) is 5.02 Å². The zero-order chi connectivity index (χ0) is 21.9. The number of hydrogen-bond acceptors (Lipinski definition) is 5. The van der Waals surface area contributed by atoms with Gasteiger partial charge in [-0.25, -0.2) is 13.9 Å². The van der Waals surface area contributed by atoms with Crippen LogP contribution >= 0.6 is 11.6 Å². The molecule has 1 aromatic carbocycles. The zero-order valence-corrected chi connectivity index (χ0v) is 18.3. The highest BCUT2D eigenvalue weighted by atomic mass is 35.5. The fourth-order valence-electron chi connectivity index (χ4n) is 4.27. The van der Waals surface area contributed by atoms with Crippen LogP contribution in [-0.4, -0.2) is 44.6 Å². The summed E-state index contributed by atoms with van der Waals surface area (Å²) in [5, 5.41) is 8.40. The van der Waals surface area contributed by atoms with Crippen LogP contribution in [0.15, 0.2) is 18.2 Å². The Bertz CT molecular complexity index is 1200. The number of ether oxygens (including phenoxy) is 1. The fourth-order valence-corrected chi connectivity index (χ4v) is 4.40. The van der Waals surface area contributed by atoms with Gasteiger partial charge >= 0.3 is 0 Å². The number of nitrogens with one attached hydrogen (secondary N) is 1. The van der Waals surface area contributed by atoms with E-state index in [4.69, 9.17) is 16.3 Å². The van der Waals surface area contributed by atoms with E-state index in [1.165, 1.54) is 18.2 Å². The molecule has 1 fully saturated rings. The number of halogens is 2. The summed E-state index contributed by atoms with van der Waals surface area (Å²) < 4.78 is 21.6. The van der Waals surface area contributed by atoms with Crippen LogP contribution in [0.1, 0.15) is 45.8 Å². The lowest BCUT2D eigenvalue weighted by Gasteiger charge is -2.35. The van der Waals surface area contributed by atoms with Crippen molar-refractivity contribution < 1.29 is 13.9 Å². The van der Waals surface area contributed by atoms with Crippen LogP contribution in [0.3, 0.4) is 0 Å². The van der Waals surface area contributed by atoms with Crippen molar-refractivity contribution in [2.24, 2.45) is 0 Å². The fraction of sp³-hybridized carbons (Fsp3) is 0.409. The van der Waals surface area contributed by atoms with E-state index in [2.05, 4.69) is 15.4 Å². The van der Waals surface area contributed by atoms with Crippen molar-refractivity contribution in [3.63, 3.8) is 0 Å². The van der Waals surface area contributed by atoms with Gasteiger partial charge < -0.3 is 15.0 Å². The van der Waals surface area contributed by atoms with Gasteiger partial charge in [-0.2, -0.15) is 5.10 Å². The van der Waals surface area contributed by atoms with Crippen molar-refractivity contribution in [3.05, 3.63) is 57.2 Å². The van der Waals surface area contributed by atoms with Gasteiger partial charge in [0.25, 0.3) is 5.91 Å². The molecule has 1 amide bonds. The van der Waals surface area contributed by atoms with Gasteiger partial charge in [0.1, 0.15) is 17.7 Å². The lowest BCUT2D eigenvalue weighted by molar-refractivity contribution is 0.0707. The monoisotopic (exact) mass is 443 g/mol. The predicted octanol–water partition coefficient (Wildman–Crippen LogP) is 3.42. The van der Waals surface area contributed by atoms with Crippen molar-refractivity contribution in [2.75, 3.05) is 7.05 Å². The quantitative estimate of drug-likeness (QED) is 0.669. The minimum absolute atomic E-state index is 0.0225. The lowest BCUT2D eigenvalue weighted by Crippen LogP contribution is -2.45. The van der Waals surface area contributed by atoms with Crippen molar-refractivity contribution in [2.45, 2.75) is 51.9 Å². The zero-order valence-electron chi connectivity index (χ0n) is 17.6. The Morgan fingerprint density at radius 1 is 1.29 bits per heavy atom. The van der Waals surface area contributed by atoms with Crippen LogP contribution in [0.5, 0.6) is 5.75 Å². The minimum Gasteiger partial charge on any atom is -0.489 e. The molecule has 9 heteroatoms.